The third-order valence-electron chi connectivity index (χ3n) is 6.39. The van der Waals surface area contributed by atoms with Crippen molar-refractivity contribution in [3.05, 3.63) is 0 Å². The molecule has 4 heteroatoms. The average Bonchev–Trinajstić information content (AvgIpc) is 3.00. The van der Waals surface area contributed by atoms with Gasteiger partial charge in [0.05, 0.1) is 6.10 Å². The lowest BCUT2D eigenvalue weighted by molar-refractivity contribution is 0.00227. The lowest BCUT2D eigenvalue weighted by Gasteiger charge is -2.44. The molecule has 132 valence electrons. The van der Waals surface area contributed by atoms with Gasteiger partial charge in [-0.25, -0.2) is 4.79 Å². The van der Waals surface area contributed by atoms with Gasteiger partial charge in [-0.1, -0.05) is 6.92 Å². The molecule has 2 saturated carbocycles. The van der Waals surface area contributed by atoms with Crippen molar-refractivity contribution in [2.75, 3.05) is 13.1 Å². The molecular formula is C19H33NO3. The van der Waals surface area contributed by atoms with Crippen LogP contribution in [0.25, 0.3) is 0 Å². The maximum Gasteiger partial charge on any atom is 0.410 e. The second kappa shape index (κ2) is 5.94. The summed E-state index contributed by atoms with van der Waals surface area (Å²) in [4.78, 5) is 14.3. The van der Waals surface area contributed by atoms with Crippen LogP contribution in [0, 0.1) is 23.2 Å². The largest absolute Gasteiger partial charge is 0.444 e. The summed E-state index contributed by atoms with van der Waals surface area (Å²) in [5.74, 6) is 2.21. The topological polar surface area (TPSA) is 49.8 Å². The lowest BCUT2D eigenvalue weighted by Crippen LogP contribution is -2.41. The van der Waals surface area contributed by atoms with Crippen molar-refractivity contribution >= 4 is 6.09 Å². The molecule has 3 atom stereocenters. The fourth-order valence-electron chi connectivity index (χ4n) is 5.07. The van der Waals surface area contributed by atoms with E-state index in [1.807, 2.05) is 25.7 Å². The van der Waals surface area contributed by atoms with E-state index in [9.17, 15) is 9.90 Å². The van der Waals surface area contributed by atoms with E-state index < -0.39 is 5.60 Å². The summed E-state index contributed by atoms with van der Waals surface area (Å²) in [5, 5.41) is 9.94. The maximum absolute atomic E-state index is 12.4. The summed E-state index contributed by atoms with van der Waals surface area (Å²) in [6.07, 6.45) is 6.30. The highest BCUT2D eigenvalue weighted by molar-refractivity contribution is 5.68. The van der Waals surface area contributed by atoms with Gasteiger partial charge in [-0.05, 0) is 82.5 Å². The van der Waals surface area contributed by atoms with E-state index in [0.717, 1.165) is 57.0 Å². The number of carbonyl (C=O) groups is 1. The Kier molecular flexibility index (Phi) is 4.41. The summed E-state index contributed by atoms with van der Waals surface area (Å²) in [5.41, 5.74) is -0.0672. The summed E-state index contributed by atoms with van der Waals surface area (Å²) >= 11 is 0. The van der Waals surface area contributed by atoms with E-state index >= 15 is 0 Å². The molecule has 0 bridgehead atoms. The maximum atomic E-state index is 12.4. The summed E-state index contributed by atoms with van der Waals surface area (Å²) in [6, 6.07) is 0. The quantitative estimate of drug-likeness (QED) is 0.840. The van der Waals surface area contributed by atoms with E-state index in [4.69, 9.17) is 4.74 Å². The van der Waals surface area contributed by atoms with Crippen LogP contribution < -0.4 is 0 Å². The lowest BCUT2D eigenvalue weighted by atomic mass is 9.61. The predicted octanol–water partition coefficient (Wildman–Crippen LogP) is 3.82. The molecule has 4 nitrogen and oxygen atoms in total. The molecule has 3 fully saturated rings. The van der Waals surface area contributed by atoms with E-state index in [-0.39, 0.29) is 12.2 Å². The van der Waals surface area contributed by atoms with Gasteiger partial charge in [0, 0.05) is 13.1 Å². The molecule has 1 amide bonds. The molecule has 0 aromatic heterocycles. The monoisotopic (exact) mass is 323 g/mol. The summed E-state index contributed by atoms with van der Waals surface area (Å²) in [6.45, 7) is 9.80. The molecule has 3 aliphatic rings. The highest BCUT2D eigenvalue weighted by Crippen LogP contribution is 2.62. The Bertz CT molecular complexity index is 448. The fourth-order valence-corrected chi connectivity index (χ4v) is 5.07. The molecule has 1 heterocycles. The molecule has 1 aliphatic heterocycles. The second-order valence-corrected chi connectivity index (χ2v) is 9.20. The molecule has 3 rings (SSSR count). The molecule has 0 aromatic rings. The van der Waals surface area contributed by atoms with Crippen LogP contribution in [-0.2, 0) is 4.74 Å². The molecule has 1 saturated heterocycles. The zero-order chi connectivity index (χ0) is 16.8. The third-order valence-corrected chi connectivity index (χ3v) is 6.39. The number of aliphatic hydroxyl groups is 1. The number of aliphatic hydroxyl groups excluding tert-OH is 1. The minimum atomic E-state index is -0.424. The zero-order valence-corrected chi connectivity index (χ0v) is 15.2. The van der Waals surface area contributed by atoms with Crippen molar-refractivity contribution in [2.24, 2.45) is 23.2 Å². The van der Waals surface area contributed by atoms with Gasteiger partial charge in [0.1, 0.15) is 5.60 Å². The van der Waals surface area contributed by atoms with Crippen molar-refractivity contribution in [3.8, 4) is 0 Å². The Morgan fingerprint density at radius 3 is 2.35 bits per heavy atom. The standard InChI is InChI=1S/C19H33NO3/c1-13-11-16(13)19(8-5-15(21)6-9-19)14-7-10-20(12-14)17(22)23-18(2,3)4/h13-16,21H,5-12H2,1-4H3. The van der Waals surface area contributed by atoms with Gasteiger partial charge in [0.15, 0.2) is 0 Å². The van der Waals surface area contributed by atoms with Crippen molar-refractivity contribution in [1.82, 2.24) is 4.90 Å². The molecule has 2 aliphatic carbocycles. The minimum Gasteiger partial charge on any atom is -0.444 e. The molecule has 1 N–H and O–H groups in total. The number of likely N-dealkylation sites (tertiary alicyclic amines) is 1. The van der Waals surface area contributed by atoms with Crippen LogP contribution in [0.2, 0.25) is 0 Å². The molecule has 0 spiro atoms. The van der Waals surface area contributed by atoms with E-state index in [1.54, 1.807) is 0 Å². The van der Waals surface area contributed by atoms with E-state index in [2.05, 4.69) is 6.92 Å². The number of hydrogen-bond donors (Lipinski definition) is 1. The van der Waals surface area contributed by atoms with Crippen LogP contribution in [0.15, 0.2) is 0 Å². The second-order valence-electron chi connectivity index (χ2n) is 9.20. The normalized spacial score (nSPS) is 41.0. The van der Waals surface area contributed by atoms with Gasteiger partial charge in [0.25, 0.3) is 0 Å². The Hall–Kier alpha value is -0.770. The fraction of sp³-hybridized carbons (Fsp3) is 0.947. The summed E-state index contributed by atoms with van der Waals surface area (Å²) in [7, 11) is 0. The Labute approximate surface area is 140 Å². The van der Waals surface area contributed by atoms with Gasteiger partial charge < -0.3 is 14.7 Å². The summed E-state index contributed by atoms with van der Waals surface area (Å²) < 4.78 is 5.55. The highest BCUT2D eigenvalue weighted by Gasteiger charge is 2.56. The molecule has 3 unspecified atom stereocenters. The Morgan fingerprint density at radius 1 is 1.22 bits per heavy atom. The van der Waals surface area contributed by atoms with Gasteiger partial charge in [-0.3, -0.25) is 0 Å². The minimum absolute atomic E-state index is 0.111. The van der Waals surface area contributed by atoms with Gasteiger partial charge in [0.2, 0.25) is 0 Å². The van der Waals surface area contributed by atoms with Crippen LogP contribution in [0.5, 0.6) is 0 Å². The van der Waals surface area contributed by atoms with Crippen LogP contribution >= 0.6 is 0 Å². The molecule has 0 radical (unpaired) electrons. The number of amides is 1. The zero-order valence-electron chi connectivity index (χ0n) is 15.2. The van der Waals surface area contributed by atoms with E-state index in [0.29, 0.717) is 11.3 Å². The van der Waals surface area contributed by atoms with Gasteiger partial charge >= 0.3 is 6.09 Å². The van der Waals surface area contributed by atoms with Crippen molar-refractivity contribution < 1.29 is 14.6 Å². The number of nitrogens with zero attached hydrogens (tertiary/aromatic N) is 1. The van der Waals surface area contributed by atoms with Crippen LogP contribution in [0.1, 0.15) is 66.2 Å². The average molecular weight is 323 g/mol. The molecule has 23 heavy (non-hydrogen) atoms. The molecular weight excluding hydrogens is 290 g/mol. The number of hydrogen-bond acceptors (Lipinski definition) is 3. The van der Waals surface area contributed by atoms with Crippen molar-refractivity contribution in [1.29, 1.82) is 0 Å². The van der Waals surface area contributed by atoms with Crippen molar-refractivity contribution in [3.63, 3.8) is 0 Å². The van der Waals surface area contributed by atoms with Crippen LogP contribution in [0.3, 0.4) is 0 Å². The first-order valence-electron chi connectivity index (χ1n) is 9.37. The van der Waals surface area contributed by atoms with Gasteiger partial charge in [-0.2, -0.15) is 0 Å². The number of rotatable bonds is 2. The first-order chi connectivity index (χ1) is 10.7. The van der Waals surface area contributed by atoms with Gasteiger partial charge in [-0.15, -0.1) is 0 Å². The predicted molar refractivity (Wildman–Crippen MR) is 90.1 cm³/mol. The Morgan fingerprint density at radius 2 is 1.83 bits per heavy atom. The van der Waals surface area contributed by atoms with Crippen LogP contribution in [-0.4, -0.2) is 40.9 Å². The third kappa shape index (κ3) is 3.52. The molecule has 0 aromatic carbocycles. The smallest absolute Gasteiger partial charge is 0.410 e. The first-order valence-corrected chi connectivity index (χ1v) is 9.37. The number of ether oxygens (including phenoxy) is 1. The highest BCUT2D eigenvalue weighted by atomic mass is 16.6. The van der Waals surface area contributed by atoms with E-state index in [1.165, 1.54) is 6.42 Å². The number of carbonyl (C=O) groups excluding carboxylic acids is 1. The van der Waals surface area contributed by atoms with Crippen LogP contribution in [0.4, 0.5) is 4.79 Å². The Balaban J connectivity index is 1.67. The van der Waals surface area contributed by atoms with Crippen molar-refractivity contribution in [2.45, 2.75) is 77.9 Å². The first kappa shape index (κ1) is 17.1. The SMILES string of the molecule is CC1CC1C1(C2CCN(C(=O)OC(C)(C)C)C2)CCC(O)CC1.